The van der Waals surface area contributed by atoms with Gasteiger partial charge in [-0.15, -0.1) is 12.4 Å². The summed E-state index contributed by atoms with van der Waals surface area (Å²) in [6.45, 7) is 3.08. The number of unbranched alkanes of at least 4 members (excludes halogenated alkanes) is 1. The molecule has 0 aromatic heterocycles. The van der Waals surface area contributed by atoms with Crippen molar-refractivity contribution >= 4 is 24.0 Å². The van der Waals surface area contributed by atoms with Crippen LogP contribution in [0.15, 0.2) is 24.3 Å². The van der Waals surface area contributed by atoms with Crippen LogP contribution in [0.2, 0.25) is 0 Å². The number of nitrogens with one attached hydrogen (secondary N) is 1. The lowest BCUT2D eigenvalue weighted by atomic mass is 10.1. The molecule has 114 valence electrons. The Morgan fingerprint density at radius 1 is 1.20 bits per heavy atom. The van der Waals surface area contributed by atoms with E-state index >= 15 is 0 Å². The lowest BCUT2D eigenvalue weighted by Crippen LogP contribution is -2.26. The van der Waals surface area contributed by atoms with Crippen LogP contribution in [0.4, 0.5) is 5.69 Å². The maximum atomic E-state index is 12.0. The summed E-state index contributed by atoms with van der Waals surface area (Å²) in [6.07, 6.45) is 5.03. The van der Waals surface area contributed by atoms with Crippen LogP contribution in [0.1, 0.15) is 38.2 Å². The first kappa shape index (κ1) is 18.9. The first-order valence-electron chi connectivity index (χ1n) is 7.19. The minimum atomic E-state index is 0. The third-order valence-corrected chi connectivity index (χ3v) is 3.33. The van der Waals surface area contributed by atoms with Gasteiger partial charge < -0.3 is 10.2 Å². The van der Waals surface area contributed by atoms with Gasteiger partial charge in [-0.05, 0) is 50.6 Å². The van der Waals surface area contributed by atoms with E-state index in [4.69, 9.17) is 0 Å². The molecule has 0 spiro atoms. The molecular formula is C16H27ClN2O. The van der Waals surface area contributed by atoms with Gasteiger partial charge in [0.2, 0.25) is 5.91 Å². The molecule has 0 unspecified atom stereocenters. The molecule has 20 heavy (non-hydrogen) atoms. The molecule has 1 amide bonds. The Balaban J connectivity index is 0.00000361. The quantitative estimate of drug-likeness (QED) is 0.746. The number of halogens is 1. The van der Waals surface area contributed by atoms with Crippen LogP contribution in [0, 0.1) is 0 Å². The monoisotopic (exact) mass is 298 g/mol. The average molecular weight is 299 g/mol. The SMILES string of the molecule is CCCCc1ccc(N(C)C(=O)CCCNC)cc1.Cl. The zero-order chi connectivity index (χ0) is 14.1. The molecule has 0 radical (unpaired) electrons. The van der Waals surface area contributed by atoms with Gasteiger partial charge in [-0.2, -0.15) is 0 Å². The molecule has 3 nitrogen and oxygen atoms in total. The van der Waals surface area contributed by atoms with E-state index in [1.807, 2.05) is 26.2 Å². The highest BCUT2D eigenvalue weighted by Crippen LogP contribution is 2.16. The van der Waals surface area contributed by atoms with Gasteiger partial charge in [0.15, 0.2) is 0 Å². The van der Waals surface area contributed by atoms with Crippen molar-refractivity contribution < 1.29 is 4.79 Å². The maximum Gasteiger partial charge on any atom is 0.226 e. The van der Waals surface area contributed by atoms with Crippen molar-refractivity contribution in [2.45, 2.75) is 39.0 Å². The van der Waals surface area contributed by atoms with Gasteiger partial charge in [0.05, 0.1) is 0 Å². The van der Waals surface area contributed by atoms with E-state index in [2.05, 4.69) is 24.4 Å². The Hall–Kier alpha value is -1.06. The summed E-state index contributed by atoms with van der Waals surface area (Å²) in [5.41, 5.74) is 2.33. The summed E-state index contributed by atoms with van der Waals surface area (Å²) in [4.78, 5) is 13.7. The van der Waals surface area contributed by atoms with Crippen LogP contribution in [-0.4, -0.2) is 26.5 Å². The van der Waals surface area contributed by atoms with Gasteiger partial charge in [-0.25, -0.2) is 0 Å². The highest BCUT2D eigenvalue weighted by atomic mass is 35.5. The molecule has 0 saturated carbocycles. The molecule has 0 aliphatic rings. The number of rotatable bonds is 8. The van der Waals surface area contributed by atoms with Crippen molar-refractivity contribution in [2.24, 2.45) is 0 Å². The van der Waals surface area contributed by atoms with Gasteiger partial charge in [0.1, 0.15) is 0 Å². The molecule has 1 rings (SSSR count). The second-order valence-electron chi connectivity index (χ2n) is 4.93. The number of carbonyl (C=O) groups is 1. The van der Waals surface area contributed by atoms with Crippen LogP contribution >= 0.6 is 12.4 Å². The smallest absolute Gasteiger partial charge is 0.226 e. The lowest BCUT2D eigenvalue weighted by Gasteiger charge is -2.17. The number of amides is 1. The second-order valence-corrected chi connectivity index (χ2v) is 4.93. The van der Waals surface area contributed by atoms with Crippen LogP contribution < -0.4 is 10.2 Å². The summed E-state index contributed by atoms with van der Waals surface area (Å²) in [6, 6.07) is 8.34. The fourth-order valence-electron chi connectivity index (χ4n) is 2.00. The first-order valence-corrected chi connectivity index (χ1v) is 7.19. The summed E-state index contributed by atoms with van der Waals surface area (Å²) in [5, 5.41) is 3.06. The highest BCUT2D eigenvalue weighted by Gasteiger charge is 2.09. The molecule has 0 bridgehead atoms. The minimum Gasteiger partial charge on any atom is -0.320 e. The molecule has 0 saturated heterocycles. The molecular weight excluding hydrogens is 272 g/mol. The van der Waals surface area contributed by atoms with E-state index in [9.17, 15) is 4.79 Å². The molecule has 0 aliphatic carbocycles. The summed E-state index contributed by atoms with van der Waals surface area (Å²) in [5.74, 6) is 0.177. The van der Waals surface area contributed by atoms with Crippen molar-refractivity contribution in [2.75, 3.05) is 25.5 Å². The highest BCUT2D eigenvalue weighted by molar-refractivity contribution is 5.92. The summed E-state index contributed by atoms with van der Waals surface area (Å²) >= 11 is 0. The predicted octanol–water partition coefficient (Wildman–Crippen LogP) is 3.41. The molecule has 1 aromatic carbocycles. The van der Waals surface area contributed by atoms with E-state index in [1.54, 1.807) is 4.90 Å². The van der Waals surface area contributed by atoms with Gasteiger partial charge in [0, 0.05) is 19.2 Å². The average Bonchev–Trinajstić information content (AvgIpc) is 2.45. The number of anilines is 1. The molecule has 0 atom stereocenters. The fourth-order valence-corrected chi connectivity index (χ4v) is 2.00. The number of hydrogen-bond donors (Lipinski definition) is 1. The van der Waals surface area contributed by atoms with E-state index in [-0.39, 0.29) is 18.3 Å². The van der Waals surface area contributed by atoms with E-state index in [0.29, 0.717) is 6.42 Å². The maximum absolute atomic E-state index is 12.0. The first-order chi connectivity index (χ1) is 9.19. The van der Waals surface area contributed by atoms with Crippen molar-refractivity contribution in [1.82, 2.24) is 5.32 Å². The lowest BCUT2D eigenvalue weighted by molar-refractivity contribution is -0.118. The number of nitrogens with zero attached hydrogens (tertiary/aromatic N) is 1. The topological polar surface area (TPSA) is 32.3 Å². The number of benzene rings is 1. The van der Waals surface area contributed by atoms with Crippen LogP contribution in [0.3, 0.4) is 0 Å². The third-order valence-electron chi connectivity index (χ3n) is 3.33. The van der Waals surface area contributed by atoms with Gasteiger partial charge in [-0.3, -0.25) is 4.79 Å². The largest absolute Gasteiger partial charge is 0.320 e. The zero-order valence-corrected chi connectivity index (χ0v) is 13.6. The number of hydrogen-bond acceptors (Lipinski definition) is 2. The van der Waals surface area contributed by atoms with Crippen molar-refractivity contribution in [1.29, 1.82) is 0 Å². The van der Waals surface area contributed by atoms with Gasteiger partial charge in [0.25, 0.3) is 0 Å². The summed E-state index contributed by atoms with van der Waals surface area (Å²) in [7, 11) is 3.76. The Bertz CT molecular complexity index is 379. The Morgan fingerprint density at radius 3 is 2.40 bits per heavy atom. The van der Waals surface area contributed by atoms with Crippen molar-refractivity contribution in [3.8, 4) is 0 Å². The van der Waals surface area contributed by atoms with E-state index < -0.39 is 0 Å². The van der Waals surface area contributed by atoms with E-state index in [1.165, 1.54) is 18.4 Å². The van der Waals surface area contributed by atoms with Crippen LogP contribution in [-0.2, 0) is 11.2 Å². The van der Waals surface area contributed by atoms with Gasteiger partial charge in [-0.1, -0.05) is 25.5 Å². The van der Waals surface area contributed by atoms with Crippen molar-refractivity contribution in [3.63, 3.8) is 0 Å². The normalized spacial score (nSPS) is 9.95. The fraction of sp³-hybridized carbons (Fsp3) is 0.562. The predicted molar refractivity (Wildman–Crippen MR) is 88.9 cm³/mol. The third kappa shape index (κ3) is 6.40. The number of aryl methyl sites for hydroxylation is 1. The minimum absolute atomic E-state index is 0. The van der Waals surface area contributed by atoms with Crippen LogP contribution in [0.25, 0.3) is 0 Å². The Kier molecular flexibility index (Phi) is 10.1. The van der Waals surface area contributed by atoms with Crippen molar-refractivity contribution in [3.05, 3.63) is 29.8 Å². The molecule has 1 N–H and O–H groups in total. The second kappa shape index (κ2) is 10.7. The standard InChI is InChI=1S/C16H26N2O.ClH/c1-4-5-7-14-9-11-15(12-10-14)18(3)16(19)8-6-13-17-2;/h9-12,17H,4-8,13H2,1-3H3;1H. The zero-order valence-electron chi connectivity index (χ0n) is 12.8. The van der Waals surface area contributed by atoms with E-state index in [0.717, 1.165) is 25.1 Å². The Morgan fingerprint density at radius 2 is 1.85 bits per heavy atom. The molecule has 1 aromatic rings. The van der Waals surface area contributed by atoms with Gasteiger partial charge >= 0.3 is 0 Å². The summed E-state index contributed by atoms with van der Waals surface area (Å²) < 4.78 is 0. The number of carbonyl (C=O) groups excluding carboxylic acids is 1. The molecule has 0 heterocycles. The molecule has 4 heteroatoms. The van der Waals surface area contributed by atoms with Crippen LogP contribution in [0.5, 0.6) is 0 Å². The molecule has 0 fully saturated rings. The Labute approximate surface area is 129 Å². The molecule has 0 aliphatic heterocycles.